The van der Waals surface area contributed by atoms with Crippen molar-refractivity contribution < 1.29 is 18.0 Å². The standard InChI is InChI=1S/C28H35F3N6O/c1-34-25-15-21(28(29,30)31)5-6-23(25)26(33-34)19-7-11-35(12-8-19)16-20-14-24(20)27(38)37-10-3-2-4-22(37)17-36-13-9-32-18-36/h5-6,9,13,15,18-20,22,24H,2-4,7-8,10-12,14,16-17H2,1H3/t20?,22?,24-/m1/s1. The zero-order chi connectivity index (χ0) is 26.4. The molecule has 2 aromatic heterocycles. The van der Waals surface area contributed by atoms with Crippen LogP contribution in [0.15, 0.2) is 36.9 Å². The van der Waals surface area contributed by atoms with Crippen molar-refractivity contribution in [2.75, 3.05) is 26.2 Å². The zero-order valence-electron chi connectivity index (χ0n) is 21.8. The van der Waals surface area contributed by atoms with Gasteiger partial charge in [-0.25, -0.2) is 4.98 Å². The molecule has 1 saturated carbocycles. The molecule has 2 aliphatic heterocycles. The minimum absolute atomic E-state index is 0.138. The number of piperidine rings is 2. The summed E-state index contributed by atoms with van der Waals surface area (Å²) in [6, 6.07) is 4.19. The molecule has 1 aliphatic carbocycles. The second-order valence-electron chi connectivity index (χ2n) is 11.4. The summed E-state index contributed by atoms with van der Waals surface area (Å²) in [4.78, 5) is 22.1. The van der Waals surface area contributed by atoms with Gasteiger partial charge in [-0.05, 0) is 69.7 Å². The van der Waals surface area contributed by atoms with Crippen LogP contribution in [-0.2, 0) is 24.6 Å². The first kappa shape index (κ1) is 25.4. The number of likely N-dealkylation sites (tertiary alicyclic amines) is 2. The molecular weight excluding hydrogens is 493 g/mol. The predicted octanol–water partition coefficient (Wildman–Crippen LogP) is 4.69. The lowest BCUT2D eigenvalue weighted by molar-refractivity contribution is -0.138. The quantitative estimate of drug-likeness (QED) is 0.466. The number of halogens is 3. The maximum Gasteiger partial charge on any atom is 0.416 e. The van der Waals surface area contributed by atoms with Gasteiger partial charge in [-0.1, -0.05) is 6.07 Å². The number of imidazole rings is 1. The summed E-state index contributed by atoms with van der Waals surface area (Å²) in [5, 5.41) is 5.45. The molecule has 1 aromatic carbocycles. The average molecular weight is 529 g/mol. The van der Waals surface area contributed by atoms with Gasteiger partial charge >= 0.3 is 6.18 Å². The van der Waals surface area contributed by atoms with Crippen LogP contribution in [0.1, 0.15) is 55.7 Å². The fourth-order valence-corrected chi connectivity index (χ4v) is 6.57. The fraction of sp³-hybridized carbons (Fsp3) is 0.607. The lowest BCUT2D eigenvalue weighted by Crippen LogP contribution is -2.47. The molecule has 204 valence electrons. The highest BCUT2D eigenvalue weighted by molar-refractivity contribution is 5.83. The van der Waals surface area contributed by atoms with E-state index in [4.69, 9.17) is 0 Å². The summed E-state index contributed by atoms with van der Waals surface area (Å²) in [7, 11) is 1.72. The fourth-order valence-electron chi connectivity index (χ4n) is 6.57. The first-order valence-electron chi connectivity index (χ1n) is 13.8. The molecule has 6 rings (SSSR count). The number of carbonyl (C=O) groups is 1. The predicted molar refractivity (Wildman–Crippen MR) is 137 cm³/mol. The van der Waals surface area contributed by atoms with Crippen LogP contribution >= 0.6 is 0 Å². The Hall–Kier alpha value is -2.88. The molecule has 10 heteroatoms. The van der Waals surface area contributed by atoms with Crippen LogP contribution in [0.2, 0.25) is 0 Å². The zero-order valence-corrected chi connectivity index (χ0v) is 21.8. The minimum atomic E-state index is -4.36. The van der Waals surface area contributed by atoms with Crippen LogP contribution < -0.4 is 0 Å². The number of amides is 1. The molecule has 4 heterocycles. The number of aromatic nitrogens is 4. The molecule has 2 saturated heterocycles. The average Bonchev–Trinajstić information content (AvgIpc) is 3.31. The summed E-state index contributed by atoms with van der Waals surface area (Å²) in [6.45, 7) is 4.47. The first-order chi connectivity index (χ1) is 18.3. The Balaban J connectivity index is 1.03. The Labute approximate surface area is 220 Å². The molecule has 1 amide bonds. The van der Waals surface area contributed by atoms with E-state index in [0.717, 1.165) is 82.0 Å². The van der Waals surface area contributed by atoms with Gasteiger partial charge in [-0.15, -0.1) is 0 Å². The van der Waals surface area contributed by atoms with E-state index in [1.807, 2.05) is 12.5 Å². The summed E-state index contributed by atoms with van der Waals surface area (Å²) in [5.41, 5.74) is 0.797. The third-order valence-electron chi connectivity index (χ3n) is 8.81. The largest absolute Gasteiger partial charge is 0.416 e. The lowest BCUT2D eigenvalue weighted by Gasteiger charge is -2.36. The number of hydrogen-bond acceptors (Lipinski definition) is 4. The Morgan fingerprint density at radius 3 is 2.63 bits per heavy atom. The summed E-state index contributed by atoms with van der Waals surface area (Å²) in [6.07, 6.45) is 7.35. The van der Waals surface area contributed by atoms with Crippen molar-refractivity contribution in [3.63, 3.8) is 0 Å². The number of benzene rings is 1. The van der Waals surface area contributed by atoms with Crippen molar-refractivity contribution in [2.24, 2.45) is 18.9 Å². The molecule has 3 aliphatic rings. The lowest BCUT2D eigenvalue weighted by atomic mass is 9.91. The smallest absolute Gasteiger partial charge is 0.338 e. The van der Waals surface area contributed by atoms with Gasteiger partial charge in [-0.3, -0.25) is 9.48 Å². The normalized spacial score (nSPS) is 25.3. The van der Waals surface area contributed by atoms with Gasteiger partial charge in [0.05, 0.1) is 23.1 Å². The number of rotatable bonds is 6. The van der Waals surface area contributed by atoms with Gasteiger partial charge in [-0.2, -0.15) is 18.3 Å². The topological polar surface area (TPSA) is 59.2 Å². The third kappa shape index (κ3) is 5.07. The van der Waals surface area contributed by atoms with Crippen LogP contribution in [0.3, 0.4) is 0 Å². The van der Waals surface area contributed by atoms with Crippen LogP contribution in [-0.4, -0.2) is 67.3 Å². The van der Waals surface area contributed by atoms with Gasteiger partial charge in [0.15, 0.2) is 0 Å². The maximum atomic E-state index is 13.4. The Bertz CT molecular complexity index is 1280. The second kappa shape index (κ2) is 10.0. The molecule has 0 N–H and O–H groups in total. The molecule has 7 nitrogen and oxygen atoms in total. The van der Waals surface area contributed by atoms with Crippen LogP contribution in [0, 0.1) is 11.8 Å². The minimum Gasteiger partial charge on any atom is -0.338 e. The van der Waals surface area contributed by atoms with Gasteiger partial charge in [0.1, 0.15) is 0 Å². The number of nitrogens with zero attached hydrogens (tertiary/aromatic N) is 6. The highest BCUT2D eigenvalue weighted by Crippen LogP contribution is 2.43. The van der Waals surface area contributed by atoms with E-state index in [9.17, 15) is 18.0 Å². The molecule has 3 aromatic rings. The van der Waals surface area contributed by atoms with Crippen LogP contribution in [0.4, 0.5) is 13.2 Å². The molecule has 2 unspecified atom stereocenters. The summed E-state index contributed by atoms with van der Waals surface area (Å²) in [5.74, 6) is 1.12. The Morgan fingerprint density at radius 2 is 1.89 bits per heavy atom. The van der Waals surface area contributed by atoms with Crippen molar-refractivity contribution in [2.45, 2.75) is 63.2 Å². The van der Waals surface area contributed by atoms with Crippen molar-refractivity contribution >= 4 is 16.8 Å². The molecular formula is C28H35F3N6O. The first-order valence-corrected chi connectivity index (χ1v) is 13.8. The van der Waals surface area contributed by atoms with E-state index in [2.05, 4.69) is 24.4 Å². The Morgan fingerprint density at radius 1 is 1.08 bits per heavy atom. The highest BCUT2D eigenvalue weighted by Gasteiger charge is 2.47. The van der Waals surface area contributed by atoms with Crippen molar-refractivity contribution in [3.05, 3.63) is 48.2 Å². The highest BCUT2D eigenvalue weighted by atomic mass is 19.4. The van der Waals surface area contributed by atoms with E-state index >= 15 is 0 Å². The number of carbonyl (C=O) groups excluding carboxylic acids is 1. The molecule has 3 atom stereocenters. The molecule has 0 radical (unpaired) electrons. The van der Waals surface area contributed by atoms with E-state index in [1.54, 1.807) is 24.0 Å². The molecule has 3 fully saturated rings. The van der Waals surface area contributed by atoms with E-state index in [1.165, 1.54) is 12.5 Å². The number of hydrogen-bond donors (Lipinski definition) is 0. The Kier molecular flexibility index (Phi) is 6.70. The van der Waals surface area contributed by atoms with Crippen LogP contribution in [0.25, 0.3) is 10.9 Å². The molecule has 38 heavy (non-hydrogen) atoms. The van der Waals surface area contributed by atoms with Crippen LogP contribution in [0.5, 0.6) is 0 Å². The maximum absolute atomic E-state index is 13.4. The van der Waals surface area contributed by atoms with E-state index in [0.29, 0.717) is 17.3 Å². The SMILES string of the molecule is Cn1nc(C2CCN(CC3C[C@H]3C(=O)N3CCCCC3Cn3ccnc3)CC2)c2ccc(C(F)(F)F)cc21. The van der Waals surface area contributed by atoms with Crippen molar-refractivity contribution in [1.29, 1.82) is 0 Å². The molecule has 0 spiro atoms. The summed E-state index contributed by atoms with van der Waals surface area (Å²) < 4.78 is 43.2. The van der Waals surface area contributed by atoms with Gasteiger partial charge in [0.2, 0.25) is 5.91 Å². The number of alkyl halides is 3. The number of fused-ring (bicyclic) bond motifs is 1. The number of aryl methyl sites for hydroxylation is 1. The van der Waals surface area contributed by atoms with Gasteiger partial charge < -0.3 is 14.4 Å². The van der Waals surface area contributed by atoms with Gasteiger partial charge in [0, 0.05) is 62.3 Å². The van der Waals surface area contributed by atoms with Crippen molar-refractivity contribution in [3.8, 4) is 0 Å². The monoisotopic (exact) mass is 528 g/mol. The van der Waals surface area contributed by atoms with E-state index < -0.39 is 11.7 Å². The summed E-state index contributed by atoms with van der Waals surface area (Å²) >= 11 is 0. The van der Waals surface area contributed by atoms with Gasteiger partial charge in [0.25, 0.3) is 0 Å². The second-order valence-corrected chi connectivity index (χ2v) is 11.4. The third-order valence-corrected chi connectivity index (χ3v) is 8.81. The molecule has 0 bridgehead atoms. The van der Waals surface area contributed by atoms with E-state index in [-0.39, 0.29) is 17.9 Å². The van der Waals surface area contributed by atoms with Crippen molar-refractivity contribution in [1.82, 2.24) is 29.1 Å².